The van der Waals surface area contributed by atoms with Crippen molar-refractivity contribution in [2.75, 3.05) is 5.32 Å². The first-order valence-corrected chi connectivity index (χ1v) is 6.75. The fourth-order valence-electron chi connectivity index (χ4n) is 2.05. The van der Waals surface area contributed by atoms with Gasteiger partial charge in [-0.05, 0) is 24.3 Å². The molecule has 0 spiro atoms. The molecule has 0 atom stereocenters. The molecule has 0 aliphatic rings. The van der Waals surface area contributed by atoms with Crippen molar-refractivity contribution in [1.29, 1.82) is 0 Å². The predicted octanol–water partition coefficient (Wildman–Crippen LogP) is 3.20. The topological polar surface area (TPSA) is 69.4 Å². The number of nitrogens with zero attached hydrogens (tertiary/aromatic N) is 2. The van der Waals surface area contributed by atoms with Crippen molar-refractivity contribution in [2.24, 2.45) is 0 Å². The molecule has 5 nitrogen and oxygen atoms in total. The molecule has 0 aliphatic carbocycles. The Balaban J connectivity index is 1.71. The largest absolute Gasteiger partial charge is 0.364 e. The van der Waals surface area contributed by atoms with Crippen molar-refractivity contribution in [2.45, 2.75) is 32.7 Å². The van der Waals surface area contributed by atoms with E-state index >= 15 is 0 Å². The molecule has 20 heavy (non-hydrogen) atoms. The molecule has 0 aliphatic heterocycles. The molecule has 3 heterocycles. The van der Waals surface area contributed by atoms with Crippen LogP contribution in [-0.2, 0) is 12.0 Å². The maximum atomic E-state index is 4.50. The summed E-state index contributed by atoms with van der Waals surface area (Å²) in [6.07, 6.45) is 1.89. The smallest absolute Gasteiger partial charge is 0.139 e. The molecule has 0 saturated carbocycles. The van der Waals surface area contributed by atoms with Gasteiger partial charge in [-0.15, -0.1) is 0 Å². The summed E-state index contributed by atoms with van der Waals surface area (Å²) in [6.45, 7) is 7.14. The number of hydrogen-bond donors (Lipinski definition) is 3. The second kappa shape index (κ2) is 4.67. The van der Waals surface area contributed by atoms with Crippen LogP contribution in [0.4, 0.5) is 5.82 Å². The van der Waals surface area contributed by atoms with Gasteiger partial charge in [-0.2, -0.15) is 5.10 Å². The van der Waals surface area contributed by atoms with Crippen molar-refractivity contribution in [3.8, 4) is 0 Å². The van der Waals surface area contributed by atoms with E-state index in [4.69, 9.17) is 0 Å². The van der Waals surface area contributed by atoms with Gasteiger partial charge in [0.25, 0.3) is 0 Å². The number of rotatable bonds is 3. The van der Waals surface area contributed by atoms with E-state index in [1.807, 2.05) is 18.3 Å². The number of anilines is 1. The van der Waals surface area contributed by atoms with Gasteiger partial charge in [-0.1, -0.05) is 20.8 Å². The minimum Gasteiger partial charge on any atom is -0.364 e. The van der Waals surface area contributed by atoms with Crippen molar-refractivity contribution in [1.82, 2.24) is 20.2 Å². The van der Waals surface area contributed by atoms with Crippen LogP contribution in [-0.4, -0.2) is 20.2 Å². The number of aromatic nitrogens is 4. The average Bonchev–Trinajstić information content (AvgIpc) is 3.04. The molecule has 0 radical (unpaired) electrons. The summed E-state index contributed by atoms with van der Waals surface area (Å²) >= 11 is 0. The van der Waals surface area contributed by atoms with Gasteiger partial charge in [0.05, 0.1) is 17.9 Å². The highest BCUT2D eigenvalue weighted by atomic mass is 15.1. The van der Waals surface area contributed by atoms with Gasteiger partial charge in [0.15, 0.2) is 0 Å². The minimum atomic E-state index is 0.0656. The molecular formula is C15H19N5. The average molecular weight is 269 g/mol. The number of aromatic amines is 2. The maximum Gasteiger partial charge on any atom is 0.139 e. The summed E-state index contributed by atoms with van der Waals surface area (Å²) in [5.41, 5.74) is 3.09. The third kappa shape index (κ3) is 2.52. The Bertz CT molecular complexity index is 717. The Morgan fingerprint density at radius 3 is 2.80 bits per heavy atom. The maximum absolute atomic E-state index is 4.50. The van der Waals surface area contributed by atoms with Crippen LogP contribution in [0.15, 0.2) is 30.5 Å². The van der Waals surface area contributed by atoms with E-state index < -0.39 is 0 Å². The first kappa shape index (κ1) is 12.7. The highest BCUT2D eigenvalue weighted by Crippen LogP contribution is 2.20. The summed E-state index contributed by atoms with van der Waals surface area (Å²) in [7, 11) is 0. The highest BCUT2D eigenvalue weighted by molar-refractivity contribution is 5.77. The summed E-state index contributed by atoms with van der Waals surface area (Å²) < 4.78 is 0. The second-order valence-corrected chi connectivity index (χ2v) is 5.99. The zero-order valence-electron chi connectivity index (χ0n) is 12.0. The van der Waals surface area contributed by atoms with Crippen molar-refractivity contribution in [3.63, 3.8) is 0 Å². The van der Waals surface area contributed by atoms with Gasteiger partial charge >= 0.3 is 0 Å². The zero-order valence-corrected chi connectivity index (χ0v) is 12.0. The van der Waals surface area contributed by atoms with Crippen LogP contribution in [0.5, 0.6) is 0 Å². The summed E-state index contributed by atoms with van der Waals surface area (Å²) in [6, 6.07) is 8.14. The molecule has 3 rings (SSSR count). The lowest BCUT2D eigenvalue weighted by atomic mass is 9.92. The lowest BCUT2D eigenvalue weighted by Crippen LogP contribution is -2.11. The molecule has 0 saturated heterocycles. The van der Waals surface area contributed by atoms with Crippen molar-refractivity contribution in [3.05, 3.63) is 41.9 Å². The van der Waals surface area contributed by atoms with Crippen LogP contribution >= 0.6 is 0 Å². The van der Waals surface area contributed by atoms with Gasteiger partial charge in [0.1, 0.15) is 11.5 Å². The molecule has 3 aromatic rings. The molecule has 3 aromatic heterocycles. The summed E-state index contributed by atoms with van der Waals surface area (Å²) in [5.74, 6) is 0.854. The van der Waals surface area contributed by atoms with Crippen LogP contribution in [0.3, 0.4) is 0 Å². The van der Waals surface area contributed by atoms with E-state index in [9.17, 15) is 0 Å². The van der Waals surface area contributed by atoms with Gasteiger partial charge in [-0.25, -0.2) is 4.98 Å². The Morgan fingerprint density at radius 2 is 2.05 bits per heavy atom. The van der Waals surface area contributed by atoms with Crippen molar-refractivity contribution >= 4 is 16.9 Å². The van der Waals surface area contributed by atoms with E-state index in [1.54, 1.807) is 0 Å². The standard InChI is InChI=1S/C15H19N5/c1-15(2,3)12-8-11(19-20-12)9-17-13-5-4-10-6-7-16-14(10)18-13/h4-8H,9H2,1-3H3,(H,19,20)(H2,16,17,18). The molecule has 3 N–H and O–H groups in total. The van der Waals surface area contributed by atoms with E-state index in [0.717, 1.165) is 28.2 Å². The zero-order chi connectivity index (χ0) is 14.2. The summed E-state index contributed by atoms with van der Waals surface area (Å²) in [4.78, 5) is 7.62. The highest BCUT2D eigenvalue weighted by Gasteiger charge is 2.17. The van der Waals surface area contributed by atoms with Gasteiger partial charge in [-0.3, -0.25) is 5.10 Å². The Kier molecular flexibility index (Phi) is 2.97. The SMILES string of the molecule is CC(C)(C)c1cc(CNc2ccc3cc[nH]c3n2)[nH]n1. The van der Waals surface area contributed by atoms with Crippen molar-refractivity contribution < 1.29 is 0 Å². The van der Waals surface area contributed by atoms with E-state index in [1.165, 1.54) is 0 Å². The van der Waals surface area contributed by atoms with Crippen LogP contribution < -0.4 is 5.32 Å². The van der Waals surface area contributed by atoms with Gasteiger partial charge in [0.2, 0.25) is 0 Å². The quantitative estimate of drug-likeness (QED) is 0.684. The third-order valence-corrected chi connectivity index (χ3v) is 3.27. The van der Waals surface area contributed by atoms with Gasteiger partial charge in [0, 0.05) is 17.0 Å². The molecule has 0 bridgehead atoms. The molecular weight excluding hydrogens is 250 g/mol. The Hall–Kier alpha value is -2.30. The van der Waals surface area contributed by atoms with E-state index in [-0.39, 0.29) is 5.41 Å². The molecule has 0 unspecified atom stereocenters. The van der Waals surface area contributed by atoms with Crippen LogP contribution in [0.1, 0.15) is 32.2 Å². The number of fused-ring (bicyclic) bond motifs is 1. The van der Waals surface area contributed by atoms with E-state index in [2.05, 4.69) is 58.4 Å². The predicted molar refractivity (Wildman–Crippen MR) is 80.7 cm³/mol. The van der Waals surface area contributed by atoms with Crippen LogP contribution in [0.2, 0.25) is 0 Å². The third-order valence-electron chi connectivity index (χ3n) is 3.27. The lowest BCUT2D eigenvalue weighted by Gasteiger charge is -2.13. The Morgan fingerprint density at radius 1 is 1.20 bits per heavy atom. The second-order valence-electron chi connectivity index (χ2n) is 5.99. The molecule has 5 heteroatoms. The van der Waals surface area contributed by atoms with Crippen LogP contribution in [0, 0.1) is 0 Å². The monoisotopic (exact) mass is 269 g/mol. The minimum absolute atomic E-state index is 0.0656. The molecule has 0 fully saturated rings. The first-order valence-electron chi connectivity index (χ1n) is 6.75. The first-order chi connectivity index (χ1) is 9.52. The van der Waals surface area contributed by atoms with Crippen LogP contribution in [0.25, 0.3) is 11.0 Å². The molecule has 0 aromatic carbocycles. The lowest BCUT2D eigenvalue weighted by molar-refractivity contribution is 0.567. The van der Waals surface area contributed by atoms with Gasteiger partial charge < -0.3 is 10.3 Å². The fourth-order valence-corrected chi connectivity index (χ4v) is 2.05. The summed E-state index contributed by atoms with van der Waals surface area (Å²) in [5, 5.41) is 11.8. The fraction of sp³-hybridized carbons (Fsp3) is 0.333. The Labute approximate surface area is 117 Å². The molecule has 104 valence electrons. The number of hydrogen-bond acceptors (Lipinski definition) is 3. The number of H-pyrrole nitrogens is 2. The normalized spacial score (nSPS) is 11.9. The van der Waals surface area contributed by atoms with E-state index in [0.29, 0.717) is 6.54 Å². The number of pyridine rings is 1. The number of nitrogens with one attached hydrogen (secondary N) is 3. The molecule has 0 amide bonds.